The molecule has 0 aliphatic rings. The molecule has 0 aliphatic heterocycles. The van der Waals surface area contributed by atoms with E-state index in [4.69, 9.17) is 16.3 Å². The lowest BCUT2D eigenvalue weighted by Crippen LogP contribution is -2.08. The van der Waals surface area contributed by atoms with Gasteiger partial charge < -0.3 is 10.1 Å². The summed E-state index contributed by atoms with van der Waals surface area (Å²) in [4.78, 5) is 22.2. The van der Waals surface area contributed by atoms with Crippen molar-refractivity contribution in [1.29, 1.82) is 0 Å². The number of unbranched alkanes of at least 4 members (excludes halogenated alkanes) is 1. The van der Waals surface area contributed by atoms with E-state index in [1.165, 1.54) is 24.3 Å². The van der Waals surface area contributed by atoms with E-state index in [-0.39, 0.29) is 10.7 Å². The number of nitrogens with zero attached hydrogens (tertiary/aromatic N) is 1. The second-order valence-corrected chi connectivity index (χ2v) is 5.92. The number of halogens is 1. The zero-order valence-corrected chi connectivity index (χ0v) is 15.0. The standard InChI is InChI=1S/C19H19ClN2O4/c1-2-3-12-26-16-8-4-14(5-9-16)6-11-19(23)21-15-7-10-17(20)18(13-15)22(24)25/h4-11,13H,2-3,12H2,1H3,(H,21,23). The Labute approximate surface area is 156 Å². The summed E-state index contributed by atoms with van der Waals surface area (Å²) in [6.45, 7) is 2.78. The van der Waals surface area contributed by atoms with Crippen LogP contribution in [0.3, 0.4) is 0 Å². The van der Waals surface area contributed by atoms with Gasteiger partial charge in [-0.05, 0) is 42.3 Å². The normalized spacial score (nSPS) is 10.7. The predicted molar refractivity (Wildman–Crippen MR) is 103 cm³/mol. The van der Waals surface area contributed by atoms with E-state index in [1.807, 2.05) is 24.3 Å². The lowest BCUT2D eigenvalue weighted by Gasteiger charge is -2.05. The Morgan fingerprint density at radius 2 is 2.00 bits per heavy atom. The first-order valence-electron chi connectivity index (χ1n) is 8.15. The second-order valence-electron chi connectivity index (χ2n) is 5.52. The van der Waals surface area contributed by atoms with Crippen molar-refractivity contribution in [2.75, 3.05) is 11.9 Å². The number of hydrogen-bond donors (Lipinski definition) is 1. The third kappa shape index (κ3) is 5.89. The van der Waals surface area contributed by atoms with Gasteiger partial charge in [0.1, 0.15) is 10.8 Å². The molecule has 0 fully saturated rings. The highest BCUT2D eigenvalue weighted by molar-refractivity contribution is 6.32. The van der Waals surface area contributed by atoms with Crippen LogP contribution >= 0.6 is 11.6 Å². The molecule has 1 N–H and O–H groups in total. The van der Waals surface area contributed by atoms with Crippen LogP contribution < -0.4 is 10.1 Å². The summed E-state index contributed by atoms with van der Waals surface area (Å²) < 4.78 is 5.58. The summed E-state index contributed by atoms with van der Waals surface area (Å²) in [6.07, 6.45) is 5.08. The minimum Gasteiger partial charge on any atom is -0.494 e. The third-order valence-electron chi connectivity index (χ3n) is 3.48. The maximum absolute atomic E-state index is 12.0. The molecule has 2 aromatic rings. The highest BCUT2D eigenvalue weighted by atomic mass is 35.5. The maximum Gasteiger partial charge on any atom is 0.289 e. The molecule has 26 heavy (non-hydrogen) atoms. The van der Waals surface area contributed by atoms with E-state index < -0.39 is 10.8 Å². The smallest absolute Gasteiger partial charge is 0.289 e. The number of anilines is 1. The number of nitro benzene ring substituents is 1. The number of amides is 1. The zero-order chi connectivity index (χ0) is 18.9. The number of carbonyl (C=O) groups excluding carboxylic acids is 1. The average molecular weight is 375 g/mol. The topological polar surface area (TPSA) is 81.5 Å². The van der Waals surface area contributed by atoms with Crippen LogP contribution in [0.5, 0.6) is 5.75 Å². The van der Waals surface area contributed by atoms with Crippen molar-refractivity contribution < 1.29 is 14.5 Å². The minimum atomic E-state index is -0.599. The molecule has 0 heterocycles. The van der Waals surface area contributed by atoms with Crippen LogP contribution in [-0.2, 0) is 4.79 Å². The lowest BCUT2D eigenvalue weighted by molar-refractivity contribution is -0.384. The van der Waals surface area contributed by atoms with Crippen LogP contribution in [0.2, 0.25) is 5.02 Å². The van der Waals surface area contributed by atoms with Crippen molar-refractivity contribution in [2.45, 2.75) is 19.8 Å². The Bertz CT molecular complexity index is 804. The monoisotopic (exact) mass is 374 g/mol. The quantitative estimate of drug-likeness (QED) is 0.302. The molecule has 0 saturated carbocycles. The molecule has 7 heteroatoms. The molecule has 1 amide bonds. The zero-order valence-electron chi connectivity index (χ0n) is 14.3. The Balaban J connectivity index is 1.95. The second kappa shape index (κ2) is 9.58. The first-order chi connectivity index (χ1) is 12.5. The van der Waals surface area contributed by atoms with Gasteiger partial charge in [0.15, 0.2) is 0 Å². The first-order valence-corrected chi connectivity index (χ1v) is 8.53. The lowest BCUT2D eigenvalue weighted by atomic mass is 10.2. The van der Waals surface area contributed by atoms with Crippen molar-refractivity contribution in [2.24, 2.45) is 0 Å². The Morgan fingerprint density at radius 3 is 2.65 bits per heavy atom. The van der Waals surface area contributed by atoms with Crippen LogP contribution in [-0.4, -0.2) is 17.4 Å². The van der Waals surface area contributed by atoms with E-state index in [0.717, 1.165) is 24.2 Å². The molecule has 6 nitrogen and oxygen atoms in total. The fraction of sp³-hybridized carbons (Fsp3) is 0.211. The van der Waals surface area contributed by atoms with Gasteiger partial charge in [0, 0.05) is 17.8 Å². The summed E-state index contributed by atoms with van der Waals surface area (Å²) in [7, 11) is 0. The molecule has 2 rings (SSSR count). The molecule has 0 radical (unpaired) electrons. The minimum absolute atomic E-state index is 0.0183. The summed E-state index contributed by atoms with van der Waals surface area (Å²) in [5.41, 5.74) is 0.882. The molecule has 0 saturated heterocycles. The molecule has 0 aliphatic carbocycles. The van der Waals surface area contributed by atoms with Crippen LogP contribution in [0.4, 0.5) is 11.4 Å². The van der Waals surface area contributed by atoms with Gasteiger partial charge in [-0.1, -0.05) is 37.1 Å². The van der Waals surface area contributed by atoms with E-state index in [1.54, 1.807) is 6.08 Å². The van der Waals surface area contributed by atoms with Gasteiger partial charge >= 0.3 is 0 Å². The van der Waals surface area contributed by atoms with Gasteiger partial charge in [0.05, 0.1) is 11.5 Å². The van der Waals surface area contributed by atoms with E-state index in [9.17, 15) is 14.9 Å². The Hall–Kier alpha value is -2.86. The number of rotatable bonds is 8. The Morgan fingerprint density at radius 1 is 1.27 bits per heavy atom. The van der Waals surface area contributed by atoms with Crippen LogP contribution in [0.1, 0.15) is 25.3 Å². The van der Waals surface area contributed by atoms with Crippen molar-refractivity contribution in [3.63, 3.8) is 0 Å². The number of nitro groups is 1. The largest absolute Gasteiger partial charge is 0.494 e. The third-order valence-corrected chi connectivity index (χ3v) is 3.80. The van der Waals surface area contributed by atoms with Gasteiger partial charge in [-0.2, -0.15) is 0 Å². The van der Waals surface area contributed by atoms with Gasteiger partial charge in [-0.15, -0.1) is 0 Å². The summed E-state index contributed by atoms with van der Waals surface area (Å²) in [5, 5.41) is 13.5. The van der Waals surface area contributed by atoms with Gasteiger partial charge in [0.25, 0.3) is 5.69 Å². The van der Waals surface area contributed by atoms with Crippen molar-refractivity contribution >= 4 is 35.0 Å². The SMILES string of the molecule is CCCCOc1ccc(C=CC(=O)Nc2ccc(Cl)c([N+](=O)[O-])c2)cc1. The molecule has 136 valence electrons. The molecule has 0 spiro atoms. The number of nitrogens with one attached hydrogen (secondary N) is 1. The number of benzene rings is 2. The highest BCUT2D eigenvalue weighted by Gasteiger charge is 2.13. The van der Waals surface area contributed by atoms with Crippen molar-refractivity contribution in [1.82, 2.24) is 0 Å². The predicted octanol–water partition coefficient (Wildman–Crippen LogP) is 5.08. The maximum atomic E-state index is 12.0. The number of carbonyl (C=O) groups is 1. The van der Waals surface area contributed by atoms with Gasteiger partial charge in [0.2, 0.25) is 5.91 Å². The van der Waals surface area contributed by atoms with Crippen molar-refractivity contribution in [3.8, 4) is 5.75 Å². The highest BCUT2D eigenvalue weighted by Crippen LogP contribution is 2.27. The van der Waals surface area contributed by atoms with E-state index in [0.29, 0.717) is 12.3 Å². The summed E-state index contributed by atoms with van der Waals surface area (Å²) in [5.74, 6) is 0.387. The van der Waals surface area contributed by atoms with Crippen LogP contribution in [0, 0.1) is 10.1 Å². The van der Waals surface area contributed by atoms with Crippen LogP contribution in [0.15, 0.2) is 48.5 Å². The Kier molecular flexibility index (Phi) is 7.17. The molecular weight excluding hydrogens is 356 g/mol. The van der Waals surface area contributed by atoms with Crippen molar-refractivity contribution in [3.05, 3.63) is 69.2 Å². The van der Waals surface area contributed by atoms with E-state index >= 15 is 0 Å². The van der Waals surface area contributed by atoms with Gasteiger partial charge in [-0.25, -0.2) is 0 Å². The molecule has 0 atom stereocenters. The average Bonchev–Trinajstić information content (AvgIpc) is 2.62. The first kappa shape index (κ1) is 19.5. The van der Waals surface area contributed by atoms with Crippen LogP contribution in [0.25, 0.3) is 6.08 Å². The molecule has 0 aromatic heterocycles. The van der Waals surface area contributed by atoms with Gasteiger partial charge in [-0.3, -0.25) is 14.9 Å². The summed E-state index contributed by atoms with van der Waals surface area (Å²) >= 11 is 5.74. The molecule has 2 aromatic carbocycles. The molecule has 0 bridgehead atoms. The number of hydrogen-bond acceptors (Lipinski definition) is 4. The number of ether oxygens (including phenoxy) is 1. The molecule has 0 unspecified atom stereocenters. The van der Waals surface area contributed by atoms with E-state index in [2.05, 4.69) is 12.2 Å². The molecular formula is C19H19ClN2O4. The summed E-state index contributed by atoms with van der Waals surface area (Å²) in [6, 6.07) is 11.5. The fourth-order valence-corrected chi connectivity index (χ4v) is 2.28. The fourth-order valence-electron chi connectivity index (χ4n) is 2.10.